The second-order valence-electron chi connectivity index (χ2n) is 4.08. The molecule has 0 atom stereocenters. The molecular weight excluding hydrogens is 292 g/mol. The Labute approximate surface area is 121 Å². The van der Waals surface area contributed by atoms with Crippen LogP contribution in [-0.4, -0.2) is 20.6 Å². The van der Waals surface area contributed by atoms with Crippen LogP contribution >= 0.6 is 0 Å². The highest BCUT2D eigenvalue weighted by Gasteiger charge is 2.16. The van der Waals surface area contributed by atoms with Crippen LogP contribution in [0, 0.1) is 0 Å². The number of aldehydes is 1. The van der Waals surface area contributed by atoms with Crippen LogP contribution in [-0.2, 0) is 10.0 Å². The van der Waals surface area contributed by atoms with Crippen molar-refractivity contribution in [1.29, 1.82) is 0 Å². The molecule has 0 fully saturated rings. The van der Waals surface area contributed by atoms with E-state index in [4.69, 9.17) is 0 Å². The smallest absolute Gasteiger partial charge is 0.266 e. The lowest BCUT2D eigenvalue weighted by molar-refractivity contribution is 0.0940. The third kappa shape index (κ3) is 3.53. The molecule has 21 heavy (non-hydrogen) atoms. The molecule has 108 valence electrons. The van der Waals surface area contributed by atoms with Crippen LogP contribution in [0.3, 0.4) is 0 Å². The standard InChI is InChI=1S/C14H12N2O4S/c17-10-11-6-4-5-9-13(11)14(18)15-16-21(19,20)12-7-2-1-3-8-12/h1-10,16H,(H,15,18). The molecule has 0 aliphatic carbocycles. The van der Waals surface area contributed by atoms with E-state index in [1.165, 1.54) is 24.3 Å². The SMILES string of the molecule is O=Cc1ccccc1C(=O)NNS(=O)(=O)c1ccccc1. The highest BCUT2D eigenvalue weighted by atomic mass is 32.2. The van der Waals surface area contributed by atoms with E-state index in [2.05, 4.69) is 5.43 Å². The number of hydrogen-bond acceptors (Lipinski definition) is 4. The average molecular weight is 304 g/mol. The predicted octanol–water partition coefficient (Wildman–Crippen LogP) is 1.12. The molecule has 0 saturated heterocycles. The minimum absolute atomic E-state index is 0.0222. The Morgan fingerprint density at radius 3 is 2.24 bits per heavy atom. The van der Waals surface area contributed by atoms with Gasteiger partial charge in [-0.2, -0.15) is 0 Å². The number of rotatable bonds is 5. The Bertz CT molecular complexity index is 758. The Morgan fingerprint density at radius 1 is 0.952 bits per heavy atom. The van der Waals surface area contributed by atoms with Crippen molar-refractivity contribution in [1.82, 2.24) is 10.3 Å². The topological polar surface area (TPSA) is 92.3 Å². The molecule has 0 spiro atoms. The van der Waals surface area contributed by atoms with Crippen LogP contribution in [0.4, 0.5) is 0 Å². The van der Waals surface area contributed by atoms with E-state index in [9.17, 15) is 18.0 Å². The molecule has 0 bridgehead atoms. The fraction of sp³-hybridized carbons (Fsp3) is 0. The molecule has 0 radical (unpaired) electrons. The molecule has 2 N–H and O–H groups in total. The average Bonchev–Trinajstić information content (AvgIpc) is 2.53. The number of sulfonamides is 1. The second-order valence-corrected chi connectivity index (χ2v) is 5.76. The molecule has 0 aliphatic heterocycles. The van der Waals surface area contributed by atoms with E-state index < -0.39 is 15.9 Å². The monoisotopic (exact) mass is 304 g/mol. The van der Waals surface area contributed by atoms with Gasteiger partial charge in [0.05, 0.1) is 10.5 Å². The maximum absolute atomic E-state index is 11.9. The number of amides is 1. The molecule has 0 aliphatic rings. The Morgan fingerprint density at radius 2 is 1.57 bits per heavy atom. The number of nitrogens with one attached hydrogen (secondary N) is 2. The summed E-state index contributed by atoms with van der Waals surface area (Å²) in [7, 11) is -3.85. The molecule has 0 aromatic heterocycles. The first kappa shape index (κ1) is 14.9. The van der Waals surface area contributed by atoms with Gasteiger partial charge in [-0.3, -0.25) is 15.0 Å². The first-order chi connectivity index (χ1) is 10.0. The Balaban J connectivity index is 2.13. The minimum atomic E-state index is -3.85. The summed E-state index contributed by atoms with van der Waals surface area (Å²) < 4.78 is 23.9. The van der Waals surface area contributed by atoms with Gasteiger partial charge in [0.1, 0.15) is 0 Å². The lowest BCUT2D eigenvalue weighted by Crippen LogP contribution is -2.41. The van der Waals surface area contributed by atoms with E-state index in [1.807, 2.05) is 4.83 Å². The minimum Gasteiger partial charge on any atom is -0.298 e. The van der Waals surface area contributed by atoms with Gasteiger partial charge in [-0.05, 0) is 18.2 Å². The maximum atomic E-state index is 11.9. The molecule has 2 aromatic carbocycles. The van der Waals surface area contributed by atoms with E-state index in [0.717, 1.165) is 0 Å². The van der Waals surface area contributed by atoms with Crippen molar-refractivity contribution in [3.63, 3.8) is 0 Å². The lowest BCUT2D eigenvalue weighted by Gasteiger charge is -2.09. The highest BCUT2D eigenvalue weighted by Crippen LogP contribution is 2.08. The van der Waals surface area contributed by atoms with Gasteiger partial charge in [0.25, 0.3) is 15.9 Å². The van der Waals surface area contributed by atoms with Crippen LogP contribution in [0.5, 0.6) is 0 Å². The predicted molar refractivity (Wildman–Crippen MR) is 76.1 cm³/mol. The Hall–Kier alpha value is -2.51. The second kappa shape index (κ2) is 6.29. The highest BCUT2D eigenvalue weighted by molar-refractivity contribution is 7.89. The van der Waals surface area contributed by atoms with Crippen molar-refractivity contribution in [2.45, 2.75) is 4.90 Å². The normalized spacial score (nSPS) is 10.9. The summed E-state index contributed by atoms with van der Waals surface area (Å²) in [6, 6.07) is 13.7. The van der Waals surface area contributed by atoms with Crippen molar-refractivity contribution in [3.05, 3.63) is 65.7 Å². The van der Waals surface area contributed by atoms with Crippen molar-refractivity contribution in [2.75, 3.05) is 0 Å². The first-order valence-electron chi connectivity index (χ1n) is 5.96. The number of carbonyl (C=O) groups excluding carboxylic acids is 2. The number of benzene rings is 2. The first-order valence-corrected chi connectivity index (χ1v) is 7.44. The van der Waals surface area contributed by atoms with Gasteiger partial charge in [0.15, 0.2) is 6.29 Å². The van der Waals surface area contributed by atoms with Crippen molar-refractivity contribution in [3.8, 4) is 0 Å². The number of hydrazine groups is 1. The summed E-state index contributed by atoms with van der Waals surface area (Å²) >= 11 is 0. The number of carbonyl (C=O) groups is 2. The molecule has 0 saturated carbocycles. The third-order valence-electron chi connectivity index (χ3n) is 2.68. The van der Waals surface area contributed by atoms with Gasteiger partial charge >= 0.3 is 0 Å². The van der Waals surface area contributed by atoms with Crippen LogP contribution in [0.25, 0.3) is 0 Å². The fourth-order valence-electron chi connectivity index (χ4n) is 1.65. The molecule has 2 rings (SSSR count). The maximum Gasteiger partial charge on any atom is 0.266 e. The van der Waals surface area contributed by atoms with Crippen molar-refractivity contribution in [2.24, 2.45) is 0 Å². The summed E-state index contributed by atoms with van der Waals surface area (Å²) in [5.41, 5.74) is 2.34. The van der Waals surface area contributed by atoms with Crippen LogP contribution in [0.15, 0.2) is 59.5 Å². The number of hydrogen-bond donors (Lipinski definition) is 2. The van der Waals surface area contributed by atoms with E-state index >= 15 is 0 Å². The molecule has 2 aromatic rings. The summed E-state index contributed by atoms with van der Waals surface area (Å²) in [6.45, 7) is 0. The van der Waals surface area contributed by atoms with E-state index in [1.54, 1.807) is 30.3 Å². The van der Waals surface area contributed by atoms with Crippen LogP contribution in [0.2, 0.25) is 0 Å². The van der Waals surface area contributed by atoms with Crippen molar-refractivity contribution < 1.29 is 18.0 Å². The van der Waals surface area contributed by atoms with E-state index in [-0.39, 0.29) is 16.0 Å². The zero-order valence-electron chi connectivity index (χ0n) is 10.8. The molecule has 6 nitrogen and oxygen atoms in total. The van der Waals surface area contributed by atoms with Gasteiger partial charge in [-0.15, -0.1) is 4.83 Å². The summed E-state index contributed by atoms with van der Waals surface area (Å²) in [6.07, 6.45) is 0.528. The lowest BCUT2D eigenvalue weighted by atomic mass is 10.1. The molecule has 0 unspecified atom stereocenters. The zero-order valence-corrected chi connectivity index (χ0v) is 11.6. The summed E-state index contributed by atoms with van der Waals surface area (Å²) in [5.74, 6) is -0.711. The quantitative estimate of drug-likeness (QED) is 0.639. The third-order valence-corrected chi connectivity index (χ3v) is 3.95. The molecule has 1 amide bonds. The van der Waals surface area contributed by atoms with E-state index in [0.29, 0.717) is 6.29 Å². The van der Waals surface area contributed by atoms with Gasteiger partial charge in [0, 0.05) is 5.56 Å². The summed E-state index contributed by atoms with van der Waals surface area (Å²) in [5, 5.41) is 0. The van der Waals surface area contributed by atoms with Gasteiger partial charge in [-0.1, -0.05) is 36.4 Å². The molecular formula is C14H12N2O4S. The van der Waals surface area contributed by atoms with Gasteiger partial charge < -0.3 is 0 Å². The van der Waals surface area contributed by atoms with Crippen LogP contribution in [0.1, 0.15) is 20.7 Å². The largest absolute Gasteiger partial charge is 0.298 e. The van der Waals surface area contributed by atoms with Gasteiger partial charge in [-0.25, -0.2) is 8.42 Å². The van der Waals surface area contributed by atoms with Crippen LogP contribution < -0.4 is 10.3 Å². The van der Waals surface area contributed by atoms with Gasteiger partial charge in [0.2, 0.25) is 0 Å². The summed E-state index contributed by atoms with van der Waals surface area (Å²) in [4.78, 5) is 24.7. The van der Waals surface area contributed by atoms with Crippen molar-refractivity contribution >= 4 is 22.2 Å². The molecule has 0 heterocycles. The molecule has 7 heteroatoms. The Kier molecular flexibility index (Phi) is 4.46. The fourth-order valence-corrected chi connectivity index (χ4v) is 2.51. The zero-order chi connectivity index (χ0) is 15.3.